The first-order chi connectivity index (χ1) is 64.4. The predicted molar refractivity (Wildman–Crippen MR) is 540 cm³/mol. The number of pyridine rings is 2. The standard InChI is InChI=1S/C124H82N6/c1-3-79-35-39-81(40-36-79)83-43-55-91(56-44-83)127(119-33-17-31-113-121(119)101-23-9-15-29-111(101)123(113)107-25-11-5-19-97(107)98-20-6-12-26-108(98)123)93-59-47-85(48-60-93)87-51-63-115-103(75-87)105-77-89(53-65-117(105)129(115)95-67-71-125-72-68-95)90-54-66-118-106(78-90)104-76-88(52-64-116(104)130(118)96-69-73-126-74-70-96)86-49-61-94(62-50-86)128(92-57-45-84(46-58-92)82-41-37-80(4-2)38-42-82)120-34-18-32-114-122(120)102-24-10-16-30-112(102)124(114)109-27-13-7-21-99(109)100-22-8-14-28-110(100)124/h3-45,47-57,59-78H,1-2,46,58H2. The maximum absolute atomic E-state index is 4.51. The number of allylic oxidation sites excluding steroid dienone is 4. The zero-order chi connectivity index (χ0) is 85.9. The van der Waals surface area contributed by atoms with E-state index in [2.05, 4.69) is 455 Å². The summed E-state index contributed by atoms with van der Waals surface area (Å²) in [6.45, 7) is 8.07. The minimum atomic E-state index is -0.502. The molecule has 2 spiro atoms. The van der Waals surface area contributed by atoms with Gasteiger partial charge in [0.15, 0.2) is 0 Å². The quantitative estimate of drug-likeness (QED) is 0.103. The largest absolute Gasteiger partial charge is 0.314 e. The Bertz CT molecular complexity index is 8260. The third-order valence-electron chi connectivity index (χ3n) is 28.6. The van der Waals surface area contributed by atoms with E-state index in [9.17, 15) is 0 Å². The first-order valence-electron chi connectivity index (χ1n) is 45.0. The molecule has 26 rings (SSSR count). The van der Waals surface area contributed by atoms with Crippen LogP contribution < -0.4 is 9.80 Å². The van der Waals surface area contributed by atoms with Crippen molar-refractivity contribution < 1.29 is 0 Å². The van der Waals surface area contributed by atoms with Crippen LogP contribution in [0.1, 0.15) is 74.0 Å². The second-order valence-electron chi connectivity index (χ2n) is 35.0. The van der Waals surface area contributed by atoms with Gasteiger partial charge in [-0.3, -0.25) is 9.97 Å². The minimum absolute atomic E-state index is 0.485. The van der Waals surface area contributed by atoms with Crippen molar-refractivity contribution in [2.45, 2.75) is 23.7 Å². The fourth-order valence-electron chi connectivity index (χ4n) is 22.9. The molecule has 0 atom stereocenters. The molecule has 608 valence electrons. The lowest BCUT2D eigenvalue weighted by atomic mass is 9.70. The van der Waals surface area contributed by atoms with Crippen molar-refractivity contribution in [2.75, 3.05) is 9.80 Å². The van der Waals surface area contributed by atoms with Gasteiger partial charge in [0, 0.05) is 91.6 Å². The molecule has 0 N–H and O–H groups in total. The van der Waals surface area contributed by atoms with Crippen molar-refractivity contribution in [3.63, 3.8) is 0 Å². The number of aromatic nitrogens is 4. The van der Waals surface area contributed by atoms with E-state index in [0.29, 0.717) is 0 Å². The number of hydrogen-bond acceptors (Lipinski definition) is 4. The lowest BCUT2D eigenvalue weighted by Gasteiger charge is -2.33. The Morgan fingerprint density at radius 1 is 0.254 bits per heavy atom. The molecule has 0 bridgehead atoms. The topological polar surface area (TPSA) is 42.1 Å². The summed E-state index contributed by atoms with van der Waals surface area (Å²) in [7, 11) is 0. The van der Waals surface area contributed by atoms with Gasteiger partial charge < -0.3 is 18.9 Å². The molecule has 130 heavy (non-hydrogen) atoms. The summed E-state index contributed by atoms with van der Waals surface area (Å²) in [5, 5.41) is 4.65. The van der Waals surface area contributed by atoms with Crippen molar-refractivity contribution in [3.8, 4) is 100 Å². The third-order valence-corrected chi connectivity index (χ3v) is 28.6. The number of rotatable bonds is 15. The van der Waals surface area contributed by atoms with Gasteiger partial charge in [0.2, 0.25) is 0 Å². The Kier molecular flexibility index (Phi) is 16.9. The fraction of sp³-hybridized carbons (Fsp3) is 0.0323. The molecular formula is C124H82N6. The van der Waals surface area contributed by atoms with Crippen LogP contribution in [0.4, 0.5) is 28.4 Å². The highest BCUT2D eigenvalue weighted by Crippen LogP contribution is 2.67. The molecular weight excluding hydrogens is 1570 g/mol. The molecule has 0 saturated carbocycles. The smallest absolute Gasteiger partial charge is 0.0726 e. The molecule has 6 nitrogen and oxygen atoms in total. The highest BCUT2D eigenvalue weighted by atomic mass is 15.2. The van der Waals surface area contributed by atoms with Crippen LogP contribution >= 0.6 is 0 Å². The van der Waals surface area contributed by atoms with E-state index >= 15 is 0 Å². The highest BCUT2D eigenvalue weighted by Gasteiger charge is 2.54. The molecule has 5 aliphatic rings. The SMILES string of the molecule is C=Cc1ccc(C2=CC=C(N(c3ccc(-c4ccc5c(c4)c4cc(-c6ccc7c(c6)c6cc(-c8ccc(N(c9ccc(-c%10ccc(C=C)cc%10)cc9)c9cccc%10c9-c9ccccc9C%109c%10ccccc%10-c%10ccccc%109)cc8)ccc6n7-c6ccncc6)ccc4n5-c4ccncc4)cc3)c3cccc4c3-c3ccccc3C43c4ccccc4-c4ccccc43)CC2)cc1. The number of anilines is 5. The number of benzene rings is 17. The average molecular weight is 1660 g/mol. The molecule has 4 heterocycles. The molecule has 0 radical (unpaired) electrons. The van der Waals surface area contributed by atoms with E-state index in [1.165, 1.54) is 117 Å². The van der Waals surface area contributed by atoms with Crippen LogP contribution in [-0.4, -0.2) is 19.1 Å². The van der Waals surface area contributed by atoms with Crippen LogP contribution in [0.25, 0.3) is 162 Å². The Labute approximate surface area is 754 Å². The summed E-state index contributed by atoms with van der Waals surface area (Å²) in [5.41, 5.74) is 47.0. The zero-order valence-corrected chi connectivity index (χ0v) is 71.2. The van der Waals surface area contributed by atoms with Crippen molar-refractivity contribution in [3.05, 3.63) is 517 Å². The number of fused-ring (bicyclic) bond motifs is 26. The van der Waals surface area contributed by atoms with E-state index < -0.39 is 10.8 Å². The molecule has 0 saturated heterocycles. The first-order valence-corrected chi connectivity index (χ1v) is 45.0. The molecule has 5 aliphatic carbocycles. The Morgan fingerprint density at radius 2 is 0.546 bits per heavy atom. The highest BCUT2D eigenvalue weighted by molar-refractivity contribution is 6.15. The summed E-state index contributed by atoms with van der Waals surface area (Å²) < 4.78 is 4.79. The van der Waals surface area contributed by atoms with Crippen molar-refractivity contribution in [2.24, 2.45) is 0 Å². The van der Waals surface area contributed by atoms with Gasteiger partial charge in [0.05, 0.1) is 44.3 Å². The molecule has 17 aromatic carbocycles. The summed E-state index contributed by atoms with van der Waals surface area (Å²) in [6.07, 6.45) is 17.9. The van der Waals surface area contributed by atoms with Gasteiger partial charge in [0.1, 0.15) is 0 Å². The van der Waals surface area contributed by atoms with Gasteiger partial charge in [-0.25, -0.2) is 0 Å². The number of nitrogens with zero attached hydrogens (tertiary/aromatic N) is 6. The van der Waals surface area contributed by atoms with Crippen LogP contribution in [0.2, 0.25) is 0 Å². The maximum atomic E-state index is 4.51. The monoisotopic (exact) mass is 1650 g/mol. The summed E-state index contributed by atoms with van der Waals surface area (Å²) in [5.74, 6) is 0. The van der Waals surface area contributed by atoms with E-state index in [-0.39, 0.29) is 0 Å². The molecule has 6 heteroatoms. The normalized spacial score (nSPS) is 13.6. The van der Waals surface area contributed by atoms with E-state index in [4.69, 9.17) is 0 Å². The molecule has 4 aromatic heterocycles. The van der Waals surface area contributed by atoms with Gasteiger partial charge >= 0.3 is 0 Å². The van der Waals surface area contributed by atoms with Crippen LogP contribution in [-0.2, 0) is 10.8 Å². The molecule has 21 aromatic rings. The van der Waals surface area contributed by atoms with Crippen LogP contribution in [0, 0.1) is 0 Å². The average Bonchev–Trinajstić information content (AvgIpc) is 1.51. The molecule has 0 unspecified atom stereocenters. The van der Waals surface area contributed by atoms with Gasteiger partial charge in [-0.1, -0.05) is 310 Å². The van der Waals surface area contributed by atoms with Crippen molar-refractivity contribution >= 4 is 89.8 Å². The van der Waals surface area contributed by atoms with E-state index in [0.717, 1.165) is 141 Å². The molecule has 0 fully saturated rings. The van der Waals surface area contributed by atoms with Gasteiger partial charge in [-0.2, -0.15) is 0 Å². The van der Waals surface area contributed by atoms with Gasteiger partial charge in [-0.05, 0) is 285 Å². The summed E-state index contributed by atoms with van der Waals surface area (Å²) in [6, 6.07) is 150. The van der Waals surface area contributed by atoms with Crippen LogP contribution in [0.3, 0.4) is 0 Å². The summed E-state index contributed by atoms with van der Waals surface area (Å²) in [4.78, 5) is 14.1. The Balaban J connectivity index is 0.583. The van der Waals surface area contributed by atoms with Crippen LogP contribution in [0.15, 0.2) is 456 Å². The second kappa shape index (κ2) is 29.4. The third kappa shape index (κ3) is 11.1. The first kappa shape index (κ1) is 74.6. The minimum Gasteiger partial charge on any atom is -0.314 e. The van der Waals surface area contributed by atoms with Gasteiger partial charge in [0.25, 0.3) is 0 Å². The van der Waals surface area contributed by atoms with Crippen molar-refractivity contribution in [1.29, 1.82) is 0 Å². The second-order valence-corrected chi connectivity index (χ2v) is 35.0. The lowest BCUT2D eigenvalue weighted by molar-refractivity contribution is 0.793. The maximum Gasteiger partial charge on any atom is 0.0726 e. The van der Waals surface area contributed by atoms with Crippen molar-refractivity contribution in [1.82, 2.24) is 19.1 Å². The lowest BCUT2D eigenvalue weighted by Crippen LogP contribution is -2.26. The summed E-state index contributed by atoms with van der Waals surface area (Å²) >= 11 is 0. The Hall–Kier alpha value is -16.8. The number of hydrogen-bond donors (Lipinski definition) is 0. The fourth-order valence-corrected chi connectivity index (χ4v) is 22.9. The molecule has 0 aliphatic heterocycles. The van der Waals surface area contributed by atoms with E-state index in [1.54, 1.807) is 0 Å². The Morgan fingerprint density at radius 3 is 0.900 bits per heavy atom. The predicted octanol–water partition coefficient (Wildman–Crippen LogP) is 31.7. The molecule has 0 amide bonds. The van der Waals surface area contributed by atoms with Gasteiger partial charge in [-0.15, -0.1) is 0 Å². The zero-order valence-electron chi connectivity index (χ0n) is 71.2. The van der Waals surface area contributed by atoms with E-state index in [1.807, 2.05) is 36.9 Å². The van der Waals surface area contributed by atoms with Crippen LogP contribution in [0.5, 0.6) is 0 Å².